The van der Waals surface area contributed by atoms with E-state index in [1.165, 1.54) is 19.1 Å². The molecule has 0 aromatic heterocycles. The van der Waals surface area contributed by atoms with E-state index >= 15 is 0 Å². The highest BCUT2D eigenvalue weighted by atomic mass is 16.6. The first kappa shape index (κ1) is 12.4. The number of carbonyl (C=O) groups is 1. The van der Waals surface area contributed by atoms with E-state index < -0.39 is 4.92 Å². The molecule has 1 aromatic rings. The number of Topliss-reactive ketones (excluding diaryl/α,β-unsaturated/α-hetero) is 1. The summed E-state index contributed by atoms with van der Waals surface area (Å²) in [7, 11) is 0. The van der Waals surface area contributed by atoms with Crippen molar-refractivity contribution in [2.75, 3.05) is 0 Å². The first-order valence-electron chi connectivity index (χ1n) is 5.03. The van der Waals surface area contributed by atoms with Gasteiger partial charge in [0.15, 0.2) is 5.78 Å². The summed E-state index contributed by atoms with van der Waals surface area (Å²) in [5.74, 6) is -0.145. The van der Waals surface area contributed by atoms with Crippen molar-refractivity contribution in [1.29, 1.82) is 0 Å². The Labute approximate surface area is 94.4 Å². The molecule has 0 spiro atoms. The third-order valence-electron chi connectivity index (χ3n) is 2.40. The minimum absolute atomic E-state index is 0.0433. The highest BCUT2D eigenvalue weighted by Crippen LogP contribution is 2.29. The van der Waals surface area contributed by atoms with Crippen LogP contribution in [0.3, 0.4) is 0 Å². The predicted molar refractivity (Wildman–Crippen MR) is 61.8 cm³/mol. The molecule has 1 aromatic carbocycles. The second kappa shape index (κ2) is 4.04. The number of hydrogen-bond acceptors (Lipinski definition) is 3. The van der Waals surface area contributed by atoms with Crippen LogP contribution in [-0.4, -0.2) is 10.7 Å². The Balaban J connectivity index is 3.43. The maximum atomic E-state index is 11.5. The number of nitro benzene ring substituents is 1. The Morgan fingerprint density at radius 3 is 2.25 bits per heavy atom. The molecular weight excluding hydrogens is 206 g/mol. The summed E-state index contributed by atoms with van der Waals surface area (Å²) in [5.41, 5.74) is 1.03. The van der Waals surface area contributed by atoms with E-state index in [0.29, 0.717) is 5.56 Å². The maximum Gasteiger partial charge on any atom is 0.270 e. The van der Waals surface area contributed by atoms with Crippen LogP contribution in [0.5, 0.6) is 0 Å². The van der Waals surface area contributed by atoms with Gasteiger partial charge in [-0.05, 0) is 17.9 Å². The highest BCUT2D eigenvalue weighted by Gasteiger charge is 2.22. The summed E-state index contributed by atoms with van der Waals surface area (Å²) in [6.45, 7) is 7.34. The molecule has 0 aliphatic heterocycles. The van der Waals surface area contributed by atoms with Crippen LogP contribution < -0.4 is 0 Å². The zero-order valence-electron chi connectivity index (χ0n) is 9.90. The van der Waals surface area contributed by atoms with Gasteiger partial charge in [0.1, 0.15) is 0 Å². The van der Waals surface area contributed by atoms with Crippen molar-refractivity contribution < 1.29 is 9.72 Å². The molecule has 16 heavy (non-hydrogen) atoms. The lowest BCUT2D eigenvalue weighted by Gasteiger charge is -2.21. The molecule has 0 saturated heterocycles. The van der Waals surface area contributed by atoms with Crippen LogP contribution >= 0.6 is 0 Å². The zero-order valence-corrected chi connectivity index (χ0v) is 9.90. The SMILES string of the molecule is CC(=O)c1cc([N+](=O)[O-])ccc1C(C)(C)C. The van der Waals surface area contributed by atoms with Crippen molar-refractivity contribution in [2.45, 2.75) is 33.1 Å². The third kappa shape index (κ3) is 2.45. The van der Waals surface area contributed by atoms with Crippen LogP contribution in [0.25, 0.3) is 0 Å². The van der Waals surface area contributed by atoms with Crippen molar-refractivity contribution in [3.05, 3.63) is 39.4 Å². The van der Waals surface area contributed by atoms with Crippen LogP contribution in [0.15, 0.2) is 18.2 Å². The second-order valence-corrected chi connectivity index (χ2v) is 4.79. The second-order valence-electron chi connectivity index (χ2n) is 4.79. The van der Waals surface area contributed by atoms with Crippen molar-refractivity contribution in [1.82, 2.24) is 0 Å². The molecule has 0 bridgehead atoms. The van der Waals surface area contributed by atoms with Gasteiger partial charge >= 0.3 is 0 Å². The lowest BCUT2D eigenvalue weighted by atomic mass is 9.82. The fourth-order valence-electron chi connectivity index (χ4n) is 1.59. The lowest BCUT2D eigenvalue weighted by molar-refractivity contribution is -0.384. The molecule has 0 amide bonds. The normalized spacial score (nSPS) is 11.2. The first-order valence-corrected chi connectivity index (χ1v) is 5.03. The van der Waals surface area contributed by atoms with E-state index in [0.717, 1.165) is 5.56 Å². The predicted octanol–water partition coefficient (Wildman–Crippen LogP) is 3.09. The van der Waals surface area contributed by atoms with E-state index in [4.69, 9.17) is 0 Å². The van der Waals surface area contributed by atoms with Gasteiger partial charge in [0.2, 0.25) is 0 Å². The van der Waals surface area contributed by atoms with Gasteiger partial charge in [0, 0.05) is 17.7 Å². The van der Waals surface area contributed by atoms with Gasteiger partial charge in [-0.1, -0.05) is 26.8 Å². The molecule has 0 radical (unpaired) electrons. The Morgan fingerprint density at radius 1 is 1.31 bits per heavy atom. The number of non-ortho nitro benzene ring substituents is 1. The average Bonchev–Trinajstić information content (AvgIpc) is 2.15. The number of benzene rings is 1. The lowest BCUT2D eigenvalue weighted by Crippen LogP contribution is -2.16. The largest absolute Gasteiger partial charge is 0.294 e. The van der Waals surface area contributed by atoms with Crippen LogP contribution in [0.4, 0.5) is 5.69 Å². The minimum atomic E-state index is -0.487. The van der Waals surface area contributed by atoms with E-state index in [1.807, 2.05) is 20.8 Å². The van der Waals surface area contributed by atoms with Gasteiger partial charge in [0.25, 0.3) is 5.69 Å². The fraction of sp³-hybridized carbons (Fsp3) is 0.417. The quantitative estimate of drug-likeness (QED) is 0.438. The van der Waals surface area contributed by atoms with Gasteiger partial charge in [-0.3, -0.25) is 14.9 Å². The van der Waals surface area contributed by atoms with Crippen molar-refractivity contribution >= 4 is 11.5 Å². The monoisotopic (exact) mass is 221 g/mol. The van der Waals surface area contributed by atoms with Crippen LogP contribution in [0.2, 0.25) is 0 Å². The van der Waals surface area contributed by atoms with Crippen molar-refractivity contribution in [2.24, 2.45) is 0 Å². The molecule has 0 unspecified atom stereocenters. The number of nitro groups is 1. The van der Waals surface area contributed by atoms with E-state index in [-0.39, 0.29) is 16.9 Å². The number of carbonyl (C=O) groups excluding carboxylic acids is 1. The van der Waals surface area contributed by atoms with E-state index in [9.17, 15) is 14.9 Å². The molecule has 4 nitrogen and oxygen atoms in total. The highest BCUT2D eigenvalue weighted by molar-refractivity contribution is 5.96. The summed E-state index contributed by atoms with van der Waals surface area (Å²) in [4.78, 5) is 21.6. The van der Waals surface area contributed by atoms with Crippen molar-refractivity contribution in [3.8, 4) is 0 Å². The van der Waals surface area contributed by atoms with Gasteiger partial charge in [-0.25, -0.2) is 0 Å². The first-order chi connectivity index (χ1) is 7.23. The number of rotatable bonds is 2. The molecule has 0 heterocycles. The third-order valence-corrected chi connectivity index (χ3v) is 2.40. The summed E-state index contributed by atoms with van der Waals surface area (Å²) >= 11 is 0. The van der Waals surface area contributed by atoms with Gasteiger partial charge in [0.05, 0.1) is 4.92 Å². The Bertz CT molecular complexity index is 444. The molecular formula is C12H15NO3. The number of ketones is 1. The smallest absolute Gasteiger partial charge is 0.270 e. The van der Waals surface area contributed by atoms with E-state index in [2.05, 4.69) is 0 Å². The standard InChI is InChI=1S/C12H15NO3/c1-8(14)10-7-9(13(15)16)5-6-11(10)12(2,3)4/h5-7H,1-4H3. The Kier molecular flexibility index (Phi) is 3.12. The van der Waals surface area contributed by atoms with Gasteiger partial charge in [-0.15, -0.1) is 0 Å². The fourth-order valence-corrected chi connectivity index (χ4v) is 1.59. The minimum Gasteiger partial charge on any atom is -0.294 e. The summed E-state index contributed by atoms with van der Waals surface area (Å²) in [6, 6.07) is 4.45. The molecule has 0 N–H and O–H groups in total. The summed E-state index contributed by atoms with van der Waals surface area (Å²) < 4.78 is 0. The van der Waals surface area contributed by atoms with Gasteiger partial charge < -0.3 is 0 Å². The molecule has 86 valence electrons. The van der Waals surface area contributed by atoms with Crippen molar-refractivity contribution in [3.63, 3.8) is 0 Å². The van der Waals surface area contributed by atoms with Crippen LogP contribution in [0, 0.1) is 10.1 Å². The summed E-state index contributed by atoms with van der Waals surface area (Å²) in [6.07, 6.45) is 0. The molecule has 0 atom stereocenters. The molecule has 0 aliphatic carbocycles. The maximum absolute atomic E-state index is 11.5. The Morgan fingerprint density at radius 2 is 1.88 bits per heavy atom. The molecule has 4 heteroatoms. The zero-order chi connectivity index (χ0) is 12.5. The number of hydrogen-bond donors (Lipinski definition) is 0. The van der Waals surface area contributed by atoms with Gasteiger partial charge in [-0.2, -0.15) is 0 Å². The van der Waals surface area contributed by atoms with Crippen LogP contribution in [0.1, 0.15) is 43.6 Å². The molecule has 0 fully saturated rings. The number of nitrogens with zero attached hydrogens (tertiary/aromatic N) is 1. The average molecular weight is 221 g/mol. The molecule has 0 saturated carbocycles. The topological polar surface area (TPSA) is 60.2 Å². The molecule has 0 aliphatic rings. The van der Waals surface area contributed by atoms with E-state index in [1.54, 1.807) is 6.07 Å². The molecule has 1 rings (SSSR count). The summed E-state index contributed by atoms with van der Waals surface area (Å²) in [5, 5.41) is 10.6. The Hall–Kier alpha value is -1.71. The van der Waals surface area contributed by atoms with Crippen LogP contribution in [-0.2, 0) is 5.41 Å².